The summed E-state index contributed by atoms with van der Waals surface area (Å²) in [6.07, 6.45) is 7.01. The Morgan fingerprint density at radius 3 is 2.52 bits per heavy atom. The van der Waals surface area contributed by atoms with E-state index in [4.69, 9.17) is 11.6 Å². The zero-order valence-electron chi connectivity index (χ0n) is 14.6. The van der Waals surface area contributed by atoms with E-state index in [-0.39, 0.29) is 11.9 Å². The molecule has 3 aromatic rings. The quantitative estimate of drug-likeness (QED) is 0.748. The normalized spacial score (nSPS) is 14.9. The summed E-state index contributed by atoms with van der Waals surface area (Å²) in [5.41, 5.74) is 0.447. The molecule has 8 heteroatoms. The number of rotatable bonds is 4. The van der Waals surface area contributed by atoms with Crippen LogP contribution >= 0.6 is 11.6 Å². The van der Waals surface area contributed by atoms with Crippen molar-refractivity contribution in [2.75, 3.05) is 23.3 Å². The molecular formula is C19H19ClN6O. The minimum absolute atomic E-state index is 0.210. The number of benzene rings is 1. The first-order valence-electron chi connectivity index (χ1n) is 8.84. The molecule has 0 unspecified atom stereocenters. The van der Waals surface area contributed by atoms with Gasteiger partial charge in [0, 0.05) is 31.5 Å². The van der Waals surface area contributed by atoms with Crippen LogP contribution in [0.1, 0.15) is 29.2 Å². The third kappa shape index (κ3) is 3.78. The minimum atomic E-state index is -0.238. The first-order valence-corrected chi connectivity index (χ1v) is 9.21. The molecule has 0 bridgehead atoms. The molecule has 1 fully saturated rings. The number of carbonyl (C=O) groups is 1. The molecule has 0 spiro atoms. The van der Waals surface area contributed by atoms with Gasteiger partial charge < -0.3 is 10.2 Å². The summed E-state index contributed by atoms with van der Waals surface area (Å²) >= 11 is 6.12. The predicted molar refractivity (Wildman–Crippen MR) is 104 cm³/mol. The first kappa shape index (κ1) is 17.5. The molecule has 1 amide bonds. The monoisotopic (exact) mass is 382 g/mol. The average molecular weight is 383 g/mol. The van der Waals surface area contributed by atoms with Gasteiger partial charge in [0.1, 0.15) is 5.82 Å². The van der Waals surface area contributed by atoms with Crippen LogP contribution in [-0.4, -0.2) is 38.7 Å². The van der Waals surface area contributed by atoms with Gasteiger partial charge in [-0.15, -0.1) is 0 Å². The first-order chi connectivity index (χ1) is 13.2. The number of hydrogen-bond acceptors (Lipinski definition) is 5. The van der Waals surface area contributed by atoms with Crippen LogP contribution in [0.25, 0.3) is 0 Å². The molecule has 1 aliphatic heterocycles. The second-order valence-corrected chi connectivity index (χ2v) is 6.77. The van der Waals surface area contributed by atoms with Crippen molar-refractivity contribution >= 4 is 29.3 Å². The van der Waals surface area contributed by atoms with Gasteiger partial charge in [-0.05, 0) is 31.0 Å². The van der Waals surface area contributed by atoms with Crippen LogP contribution in [0.5, 0.6) is 0 Å². The molecule has 138 valence electrons. The van der Waals surface area contributed by atoms with E-state index in [0.29, 0.717) is 16.4 Å². The van der Waals surface area contributed by atoms with Gasteiger partial charge in [0.05, 0.1) is 22.8 Å². The lowest BCUT2D eigenvalue weighted by molar-refractivity contribution is 0.102. The number of aromatic nitrogens is 4. The Hall–Kier alpha value is -2.93. The van der Waals surface area contributed by atoms with Crippen LogP contribution in [0.15, 0.2) is 55.0 Å². The van der Waals surface area contributed by atoms with Crippen molar-refractivity contribution in [3.05, 3.63) is 65.6 Å². The van der Waals surface area contributed by atoms with E-state index in [9.17, 15) is 4.79 Å². The Morgan fingerprint density at radius 1 is 1.04 bits per heavy atom. The van der Waals surface area contributed by atoms with E-state index in [1.165, 1.54) is 0 Å². The third-order valence-electron chi connectivity index (χ3n) is 4.68. The number of amides is 1. The molecule has 0 aliphatic carbocycles. The maximum atomic E-state index is 12.5. The topological polar surface area (TPSA) is 75.9 Å². The number of carbonyl (C=O) groups excluding carboxylic acids is 1. The van der Waals surface area contributed by atoms with E-state index in [1.54, 1.807) is 48.9 Å². The highest BCUT2D eigenvalue weighted by atomic mass is 35.5. The van der Waals surface area contributed by atoms with Crippen molar-refractivity contribution in [3.63, 3.8) is 0 Å². The molecule has 2 aromatic heterocycles. The van der Waals surface area contributed by atoms with E-state index in [2.05, 4.69) is 25.3 Å². The molecule has 7 nitrogen and oxygen atoms in total. The zero-order valence-corrected chi connectivity index (χ0v) is 15.4. The number of nitrogens with one attached hydrogen (secondary N) is 1. The number of hydrogen-bond donors (Lipinski definition) is 1. The van der Waals surface area contributed by atoms with Crippen molar-refractivity contribution in [2.45, 2.75) is 18.9 Å². The number of anilines is 2. The van der Waals surface area contributed by atoms with E-state index in [1.807, 2.05) is 10.7 Å². The van der Waals surface area contributed by atoms with Crippen molar-refractivity contribution in [2.24, 2.45) is 0 Å². The fraction of sp³-hybridized carbons (Fsp3) is 0.263. The van der Waals surface area contributed by atoms with Gasteiger partial charge in [-0.3, -0.25) is 4.79 Å². The number of piperidine rings is 1. The summed E-state index contributed by atoms with van der Waals surface area (Å²) in [5.74, 6) is 1.19. The second-order valence-electron chi connectivity index (χ2n) is 6.36. The van der Waals surface area contributed by atoms with Crippen molar-refractivity contribution in [1.29, 1.82) is 0 Å². The van der Waals surface area contributed by atoms with E-state index in [0.717, 1.165) is 31.9 Å². The molecule has 0 saturated carbocycles. The molecule has 1 saturated heterocycles. The summed E-state index contributed by atoms with van der Waals surface area (Å²) < 4.78 is 1.89. The molecule has 0 radical (unpaired) electrons. The Balaban J connectivity index is 1.44. The van der Waals surface area contributed by atoms with Gasteiger partial charge in [-0.2, -0.15) is 5.10 Å². The molecule has 3 heterocycles. The van der Waals surface area contributed by atoms with Crippen LogP contribution in [-0.2, 0) is 0 Å². The van der Waals surface area contributed by atoms with E-state index < -0.39 is 0 Å². The molecule has 27 heavy (non-hydrogen) atoms. The van der Waals surface area contributed by atoms with Gasteiger partial charge in [0.2, 0.25) is 5.95 Å². The fourth-order valence-electron chi connectivity index (χ4n) is 3.30. The Bertz CT molecular complexity index is 921. The van der Waals surface area contributed by atoms with Crippen molar-refractivity contribution in [1.82, 2.24) is 19.7 Å². The minimum Gasteiger partial charge on any atom is -0.341 e. The molecule has 1 aromatic carbocycles. The second kappa shape index (κ2) is 7.75. The number of halogens is 1. The lowest BCUT2D eigenvalue weighted by Gasteiger charge is -2.32. The molecule has 1 aliphatic rings. The van der Waals surface area contributed by atoms with Gasteiger partial charge in [0.15, 0.2) is 0 Å². The average Bonchev–Trinajstić information content (AvgIpc) is 3.17. The molecule has 1 N–H and O–H groups in total. The van der Waals surface area contributed by atoms with Gasteiger partial charge in [0.25, 0.3) is 5.91 Å². The molecule has 0 atom stereocenters. The fourth-order valence-corrected chi connectivity index (χ4v) is 3.52. The van der Waals surface area contributed by atoms with Crippen molar-refractivity contribution in [3.8, 4) is 0 Å². The molecule has 4 rings (SSSR count). The van der Waals surface area contributed by atoms with Gasteiger partial charge in [-0.25, -0.2) is 14.6 Å². The summed E-state index contributed by atoms with van der Waals surface area (Å²) in [6, 6.07) is 10.8. The smallest absolute Gasteiger partial charge is 0.258 e. The lowest BCUT2D eigenvalue weighted by Crippen LogP contribution is -2.36. The van der Waals surface area contributed by atoms with Gasteiger partial charge >= 0.3 is 0 Å². The van der Waals surface area contributed by atoms with Crippen molar-refractivity contribution < 1.29 is 4.79 Å². The Morgan fingerprint density at radius 2 is 1.78 bits per heavy atom. The highest BCUT2D eigenvalue weighted by Gasteiger charge is 2.24. The zero-order chi connectivity index (χ0) is 18.6. The maximum Gasteiger partial charge on any atom is 0.258 e. The summed E-state index contributed by atoms with van der Waals surface area (Å²) in [4.78, 5) is 23.3. The standard InChI is InChI=1S/C19H19ClN6O/c20-16-5-2-1-4-15(16)18(27)24-17-6-11-23-26(17)14-7-12-25(13-8-14)19-21-9-3-10-22-19/h1-6,9-11,14H,7-8,12-13H2,(H,24,27). The third-order valence-corrected chi connectivity index (χ3v) is 5.01. The highest BCUT2D eigenvalue weighted by Crippen LogP contribution is 2.27. The lowest BCUT2D eigenvalue weighted by atomic mass is 10.1. The number of nitrogens with zero attached hydrogens (tertiary/aromatic N) is 5. The van der Waals surface area contributed by atoms with Crippen LogP contribution in [0, 0.1) is 0 Å². The summed E-state index contributed by atoms with van der Waals surface area (Å²) in [7, 11) is 0. The van der Waals surface area contributed by atoms with Crippen LogP contribution < -0.4 is 10.2 Å². The molecular weight excluding hydrogens is 364 g/mol. The maximum absolute atomic E-state index is 12.5. The highest BCUT2D eigenvalue weighted by molar-refractivity contribution is 6.34. The SMILES string of the molecule is O=C(Nc1ccnn1C1CCN(c2ncccn2)CC1)c1ccccc1Cl. The van der Waals surface area contributed by atoms with Crippen LogP contribution in [0.3, 0.4) is 0 Å². The summed E-state index contributed by atoms with van der Waals surface area (Å²) in [6.45, 7) is 1.68. The van der Waals surface area contributed by atoms with Gasteiger partial charge in [-0.1, -0.05) is 23.7 Å². The van der Waals surface area contributed by atoms with Crippen LogP contribution in [0.4, 0.5) is 11.8 Å². The predicted octanol–water partition coefficient (Wildman–Crippen LogP) is 3.42. The van der Waals surface area contributed by atoms with Crippen LogP contribution in [0.2, 0.25) is 5.02 Å². The largest absolute Gasteiger partial charge is 0.341 e. The summed E-state index contributed by atoms with van der Waals surface area (Å²) in [5, 5.41) is 7.78. The Kier molecular flexibility index (Phi) is 5.02. The Labute approximate surface area is 162 Å². The van der Waals surface area contributed by atoms with E-state index >= 15 is 0 Å².